The van der Waals surface area contributed by atoms with Crippen molar-refractivity contribution in [2.24, 2.45) is 7.05 Å². The van der Waals surface area contributed by atoms with E-state index < -0.39 is 0 Å². The Morgan fingerprint density at radius 2 is 2.17 bits per heavy atom. The van der Waals surface area contributed by atoms with Gasteiger partial charge in [0.05, 0.1) is 18.7 Å². The Morgan fingerprint density at radius 1 is 1.30 bits per heavy atom. The lowest BCUT2D eigenvalue weighted by molar-refractivity contribution is -0.132. The van der Waals surface area contributed by atoms with Crippen molar-refractivity contribution in [3.63, 3.8) is 0 Å². The van der Waals surface area contributed by atoms with Gasteiger partial charge in [0.25, 0.3) is 0 Å². The Bertz CT molecular complexity index is 677. The molecule has 2 heterocycles. The third-order valence-electron chi connectivity index (χ3n) is 4.61. The number of nitrogens with zero attached hydrogens (tertiary/aromatic N) is 3. The number of aryl methyl sites for hydroxylation is 2. The van der Waals surface area contributed by atoms with Crippen LogP contribution in [0.4, 0.5) is 0 Å². The molecule has 0 spiro atoms. The second-order valence-corrected chi connectivity index (χ2v) is 6.57. The normalized spacial score (nSPS) is 18.7. The molecule has 1 saturated heterocycles. The lowest BCUT2D eigenvalue weighted by Gasteiger charge is -2.30. The highest BCUT2D eigenvalue weighted by molar-refractivity contribution is 5.79. The molecule has 0 N–H and O–H groups in total. The summed E-state index contributed by atoms with van der Waals surface area (Å²) in [6.07, 6.45) is 8.71. The summed E-state index contributed by atoms with van der Waals surface area (Å²) in [5.74, 6) is 0.214. The third kappa shape index (κ3) is 3.81. The van der Waals surface area contributed by atoms with Crippen LogP contribution >= 0.6 is 0 Å². The average molecular weight is 311 g/mol. The molecule has 0 radical (unpaired) electrons. The second kappa shape index (κ2) is 6.99. The van der Waals surface area contributed by atoms with Gasteiger partial charge in [-0.1, -0.05) is 42.7 Å². The van der Waals surface area contributed by atoms with Crippen molar-refractivity contribution in [3.8, 4) is 0 Å². The first kappa shape index (κ1) is 15.8. The van der Waals surface area contributed by atoms with Gasteiger partial charge in [-0.2, -0.15) is 5.10 Å². The van der Waals surface area contributed by atoms with Crippen molar-refractivity contribution in [1.29, 1.82) is 0 Å². The quantitative estimate of drug-likeness (QED) is 0.871. The molecule has 4 heteroatoms. The zero-order chi connectivity index (χ0) is 16.2. The van der Waals surface area contributed by atoms with Crippen molar-refractivity contribution in [2.45, 2.75) is 45.1 Å². The lowest BCUT2D eigenvalue weighted by Crippen LogP contribution is -2.35. The Balaban J connectivity index is 1.82. The maximum Gasteiger partial charge on any atom is 0.227 e. The van der Waals surface area contributed by atoms with E-state index in [2.05, 4.69) is 41.2 Å². The number of carbonyl (C=O) groups excluding carboxylic acids is 1. The number of aromatic nitrogens is 2. The van der Waals surface area contributed by atoms with E-state index in [1.165, 1.54) is 24.0 Å². The third-order valence-corrected chi connectivity index (χ3v) is 4.61. The van der Waals surface area contributed by atoms with Gasteiger partial charge in [-0.15, -0.1) is 0 Å². The van der Waals surface area contributed by atoms with Crippen molar-refractivity contribution in [2.75, 3.05) is 6.54 Å². The first-order valence-electron chi connectivity index (χ1n) is 8.47. The molecular weight excluding hydrogens is 286 g/mol. The summed E-state index contributed by atoms with van der Waals surface area (Å²) in [7, 11) is 1.88. The fourth-order valence-electron chi connectivity index (χ4n) is 3.47. The van der Waals surface area contributed by atoms with Crippen LogP contribution in [0.1, 0.15) is 48.4 Å². The molecule has 0 aliphatic carbocycles. The highest BCUT2D eigenvalue weighted by Crippen LogP contribution is 2.31. The monoisotopic (exact) mass is 311 g/mol. The number of rotatable bonds is 3. The molecule has 4 nitrogen and oxygen atoms in total. The number of carbonyl (C=O) groups is 1. The van der Waals surface area contributed by atoms with Crippen LogP contribution in [0.2, 0.25) is 0 Å². The van der Waals surface area contributed by atoms with Gasteiger partial charge < -0.3 is 4.90 Å². The van der Waals surface area contributed by atoms with Gasteiger partial charge in [-0.3, -0.25) is 9.48 Å². The molecule has 1 aliphatic rings. The summed E-state index contributed by atoms with van der Waals surface area (Å²) in [6, 6.07) is 8.80. The van der Waals surface area contributed by atoms with E-state index >= 15 is 0 Å². The minimum atomic E-state index is 0.210. The molecular formula is C19H25N3O. The Hall–Kier alpha value is -2.10. The fraction of sp³-hybridized carbons (Fsp3) is 0.474. The predicted molar refractivity (Wildman–Crippen MR) is 91.0 cm³/mol. The standard InChI is InChI=1S/C19H25N3O/c1-15-7-6-8-17(11-15)18-9-4-3-5-10-22(18)19(23)12-16-13-20-21(2)14-16/h6-8,11,13-14,18H,3-5,9-10,12H2,1-2H3. The molecule has 1 atom stereocenters. The molecule has 1 amide bonds. The van der Waals surface area contributed by atoms with Crippen LogP contribution in [0.5, 0.6) is 0 Å². The van der Waals surface area contributed by atoms with Crippen LogP contribution in [0.15, 0.2) is 36.7 Å². The molecule has 1 aromatic heterocycles. The van der Waals surface area contributed by atoms with Gasteiger partial charge in [0.1, 0.15) is 0 Å². The van der Waals surface area contributed by atoms with Crippen LogP contribution in [0, 0.1) is 6.92 Å². The zero-order valence-corrected chi connectivity index (χ0v) is 14.0. The smallest absolute Gasteiger partial charge is 0.227 e. The van der Waals surface area contributed by atoms with Gasteiger partial charge >= 0.3 is 0 Å². The average Bonchev–Trinajstić information content (AvgIpc) is 2.79. The van der Waals surface area contributed by atoms with Gasteiger partial charge in [0.15, 0.2) is 0 Å². The van der Waals surface area contributed by atoms with Crippen LogP contribution in [-0.2, 0) is 18.3 Å². The van der Waals surface area contributed by atoms with Gasteiger partial charge in [0, 0.05) is 19.8 Å². The lowest BCUT2D eigenvalue weighted by atomic mass is 9.98. The van der Waals surface area contributed by atoms with Crippen LogP contribution in [-0.4, -0.2) is 27.1 Å². The van der Waals surface area contributed by atoms with Crippen molar-refractivity contribution in [3.05, 3.63) is 53.3 Å². The Labute approximate surface area is 138 Å². The molecule has 122 valence electrons. The number of amides is 1. The minimum Gasteiger partial charge on any atom is -0.335 e. The van der Waals surface area contributed by atoms with E-state index in [1.54, 1.807) is 10.9 Å². The highest BCUT2D eigenvalue weighted by atomic mass is 16.2. The van der Waals surface area contributed by atoms with Crippen LogP contribution in [0.3, 0.4) is 0 Å². The van der Waals surface area contributed by atoms with Crippen molar-refractivity contribution in [1.82, 2.24) is 14.7 Å². The molecule has 1 aromatic carbocycles. The summed E-state index contributed by atoms with van der Waals surface area (Å²) in [5.41, 5.74) is 3.52. The Kier molecular flexibility index (Phi) is 4.79. The SMILES string of the molecule is Cc1cccc(C2CCCCCN2C(=O)Cc2cnn(C)c2)c1. The molecule has 3 rings (SSSR count). The van der Waals surface area contributed by atoms with Crippen LogP contribution < -0.4 is 0 Å². The Morgan fingerprint density at radius 3 is 2.91 bits per heavy atom. The number of likely N-dealkylation sites (tertiary alicyclic amines) is 1. The fourth-order valence-corrected chi connectivity index (χ4v) is 3.47. The largest absolute Gasteiger partial charge is 0.335 e. The molecule has 1 unspecified atom stereocenters. The summed E-state index contributed by atoms with van der Waals surface area (Å²) >= 11 is 0. The van der Waals surface area contributed by atoms with Crippen molar-refractivity contribution < 1.29 is 4.79 Å². The van der Waals surface area contributed by atoms with E-state index in [-0.39, 0.29) is 11.9 Å². The predicted octanol–water partition coefficient (Wildman–Crippen LogP) is 3.41. The minimum absolute atomic E-state index is 0.210. The highest BCUT2D eigenvalue weighted by Gasteiger charge is 2.26. The van der Waals surface area contributed by atoms with E-state index in [0.29, 0.717) is 6.42 Å². The van der Waals surface area contributed by atoms with E-state index in [4.69, 9.17) is 0 Å². The number of benzene rings is 1. The molecule has 1 fully saturated rings. The van der Waals surface area contributed by atoms with E-state index in [9.17, 15) is 4.79 Å². The zero-order valence-electron chi connectivity index (χ0n) is 14.0. The second-order valence-electron chi connectivity index (χ2n) is 6.57. The number of hydrogen-bond acceptors (Lipinski definition) is 2. The molecule has 0 saturated carbocycles. The topological polar surface area (TPSA) is 38.1 Å². The first-order chi connectivity index (χ1) is 11.1. The molecule has 2 aromatic rings. The van der Waals surface area contributed by atoms with Crippen molar-refractivity contribution >= 4 is 5.91 Å². The summed E-state index contributed by atoms with van der Waals surface area (Å²) < 4.78 is 1.75. The molecule has 23 heavy (non-hydrogen) atoms. The first-order valence-corrected chi connectivity index (χ1v) is 8.47. The van der Waals surface area contributed by atoms with Gasteiger partial charge in [-0.05, 0) is 30.9 Å². The van der Waals surface area contributed by atoms with E-state index in [1.807, 2.05) is 13.2 Å². The molecule has 1 aliphatic heterocycles. The number of hydrogen-bond donors (Lipinski definition) is 0. The summed E-state index contributed by atoms with van der Waals surface area (Å²) in [6.45, 7) is 2.97. The molecule has 0 bridgehead atoms. The maximum absolute atomic E-state index is 12.9. The van der Waals surface area contributed by atoms with Gasteiger partial charge in [0.2, 0.25) is 5.91 Å². The maximum atomic E-state index is 12.9. The summed E-state index contributed by atoms with van der Waals surface area (Å²) in [5, 5.41) is 4.17. The van der Waals surface area contributed by atoms with Crippen LogP contribution in [0.25, 0.3) is 0 Å². The van der Waals surface area contributed by atoms with Gasteiger partial charge in [-0.25, -0.2) is 0 Å². The van der Waals surface area contributed by atoms with E-state index in [0.717, 1.165) is 24.9 Å². The summed E-state index contributed by atoms with van der Waals surface area (Å²) in [4.78, 5) is 15.0.